The van der Waals surface area contributed by atoms with Crippen LogP contribution in [0.5, 0.6) is 0 Å². The Labute approximate surface area is 71.4 Å². The van der Waals surface area contributed by atoms with Crippen LogP contribution in [-0.4, -0.2) is 11.5 Å². The molecule has 1 rings (SSSR count). The summed E-state index contributed by atoms with van der Waals surface area (Å²) in [6, 6.07) is 5.47. The van der Waals surface area contributed by atoms with Gasteiger partial charge in [-0.3, -0.25) is 0 Å². The lowest BCUT2D eigenvalue weighted by molar-refractivity contribution is 1.24. The summed E-state index contributed by atoms with van der Waals surface area (Å²) in [6.45, 7) is 4.26. The molecule has 0 aliphatic rings. The third kappa shape index (κ3) is 2.10. The first-order valence-corrected chi connectivity index (χ1v) is 3.57. The first-order valence-electron chi connectivity index (χ1n) is 3.57. The number of aromatic nitrogens is 1. The maximum absolute atomic E-state index is 8.53. The number of nitrogens with one attached hydrogen (secondary N) is 1. The van der Waals surface area contributed by atoms with E-state index in [0.29, 0.717) is 12.2 Å². The second kappa shape index (κ2) is 4.14. The predicted octanol–water partition coefficient (Wildman–Crippen LogP) is 1.55. The molecule has 1 aromatic heterocycles. The van der Waals surface area contributed by atoms with Crippen LogP contribution in [0.2, 0.25) is 0 Å². The molecule has 3 nitrogen and oxygen atoms in total. The highest BCUT2D eigenvalue weighted by atomic mass is 14.9. The second-order valence-electron chi connectivity index (χ2n) is 2.21. The largest absolute Gasteiger partial charge is 0.381 e. The molecule has 1 aromatic rings. The zero-order chi connectivity index (χ0) is 8.81. The van der Waals surface area contributed by atoms with Crippen molar-refractivity contribution in [1.82, 2.24) is 4.98 Å². The molecule has 0 radical (unpaired) electrons. The summed E-state index contributed by atoms with van der Waals surface area (Å²) >= 11 is 0. The van der Waals surface area contributed by atoms with E-state index in [-0.39, 0.29) is 0 Å². The van der Waals surface area contributed by atoms with E-state index in [4.69, 9.17) is 5.26 Å². The molecule has 0 saturated heterocycles. The molecular weight excluding hydrogens is 150 g/mol. The van der Waals surface area contributed by atoms with Gasteiger partial charge in [-0.15, -0.1) is 6.58 Å². The van der Waals surface area contributed by atoms with Crippen LogP contribution in [0.4, 0.5) is 5.69 Å². The van der Waals surface area contributed by atoms with Gasteiger partial charge in [-0.1, -0.05) is 6.08 Å². The summed E-state index contributed by atoms with van der Waals surface area (Å²) in [6.07, 6.45) is 3.36. The molecule has 1 N–H and O–H groups in total. The Bertz CT molecular complexity index is 312. The second-order valence-corrected chi connectivity index (χ2v) is 2.21. The highest BCUT2D eigenvalue weighted by Gasteiger charge is 1.92. The topological polar surface area (TPSA) is 48.7 Å². The Morgan fingerprint density at radius 1 is 1.75 bits per heavy atom. The number of nitriles is 1. The molecule has 0 spiro atoms. The van der Waals surface area contributed by atoms with E-state index in [9.17, 15) is 0 Å². The molecule has 1 heterocycles. The molecule has 0 bridgehead atoms. The third-order valence-corrected chi connectivity index (χ3v) is 1.33. The van der Waals surface area contributed by atoms with Gasteiger partial charge in [0.1, 0.15) is 11.8 Å². The molecule has 0 amide bonds. The van der Waals surface area contributed by atoms with Crippen molar-refractivity contribution in [3.05, 3.63) is 36.7 Å². The molecule has 0 fully saturated rings. The lowest BCUT2D eigenvalue weighted by Gasteiger charge is -2.01. The molecule has 0 aromatic carbocycles. The van der Waals surface area contributed by atoms with Gasteiger partial charge in [-0.05, 0) is 12.1 Å². The summed E-state index contributed by atoms with van der Waals surface area (Å²) in [4.78, 5) is 3.84. The van der Waals surface area contributed by atoms with Gasteiger partial charge in [-0.2, -0.15) is 5.26 Å². The standard InChI is InChI=1S/C9H9N3/c1-2-4-11-8-3-5-12-9(6-8)7-10/h2-3,5-6H,1,4H2,(H,11,12). The number of anilines is 1. The van der Waals surface area contributed by atoms with Crippen LogP contribution < -0.4 is 5.32 Å². The van der Waals surface area contributed by atoms with Crippen LogP contribution in [0.15, 0.2) is 31.0 Å². The first-order chi connectivity index (χ1) is 5.86. The first kappa shape index (κ1) is 8.28. The maximum Gasteiger partial charge on any atom is 0.142 e. The SMILES string of the molecule is C=CCNc1ccnc(C#N)c1. The van der Waals surface area contributed by atoms with Gasteiger partial charge in [0.2, 0.25) is 0 Å². The van der Waals surface area contributed by atoms with Gasteiger partial charge in [-0.25, -0.2) is 4.98 Å². The third-order valence-electron chi connectivity index (χ3n) is 1.33. The van der Waals surface area contributed by atoms with Gasteiger partial charge in [0.05, 0.1) is 0 Å². The normalized spacial score (nSPS) is 8.58. The van der Waals surface area contributed by atoms with Crippen LogP contribution in [0.25, 0.3) is 0 Å². The minimum atomic E-state index is 0.420. The van der Waals surface area contributed by atoms with Crippen LogP contribution >= 0.6 is 0 Å². The highest BCUT2D eigenvalue weighted by Crippen LogP contribution is 2.05. The number of nitrogens with zero attached hydrogens (tertiary/aromatic N) is 2. The van der Waals surface area contributed by atoms with Gasteiger partial charge < -0.3 is 5.32 Å². The number of rotatable bonds is 3. The fourth-order valence-electron chi connectivity index (χ4n) is 0.792. The minimum Gasteiger partial charge on any atom is -0.381 e. The molecule has 0 atom stereocenters. The summed E-state index contributed by atoms with van der Waals surface area (Å²) in [5, 5.41) is 11.6. The predicted molar refractivity (Wildman–Crippen MR) is 47.6 cm³/mol. The summed E-state index contributed by atoms with van der Waals surface area (Å²) in [5.41, 5.74) is 1.31. The van der Waals surface area contributed by atoms with E-state index in [1.54, 1.807) is 18.3 Å². The van der Waals surface area contributed by atoms with E-state index < -0.39 is 0 Å². The van der Waals surface area contributed by atoms with Crippen LogP contribution in [0, 0.1) is 11.3 Å². The lowest BCUT2D eigenvalue weighted by Crippen LogP contribution is -1.98. The van der Waals surface area contributed by atoms with Crippen molar-refractivity contribution in [2.45, 2.75) is 0 Å². The van der Waals surface area contributed by atoms with Gasteiger partial charge >= 0.3 is 0 Å². The Kier molecular flexibility index (Phi) is 2.86. The maximum atomic E-state index is 8.53. The number of pyridine rings is 1. The van der Waals surface area contributed by atoms with Crippen molar-refractivity contribution >= 4 is 5.69 Å². The lowest BCUT2D eigenvalue weighted by atomic mass is 10.3. The van der Waals surface area contributed by atoms with Crippen molar-refractivity contribution in [2.24, 2.45) is 0 Å². The van der Waals surface area contributed by atoms with E-state index >= 15 is 0 Å². The fraction of sp³-hybridized carbons (Fsp3) is 0.111. The van der Waals surface area contributed by atoms with Crippen LogP contribution in [0.1, 0.15) is 5.69 Å². The average molecular weight is 159 g/mol. The highest BCUT2D eigenvalue weighted by molar-refractivity contribution is 5.46. The van der Waals surface area contributed by atoms with Crippen molar-refractivity contribution in [1.29, 1.82) is 5.26 Å². The van der Waals surface area contributed by atoms with Crippen molar-refractivity contribution < 1.29 is 0 Å². The van der Waals surface area contributed by atoms with Crippen molar-refractivity contribution in [3.63, 3.8) is 0 Å². The van der Waals surface area contributed by atoms with Crippen molar-refractivity contribution in [3.8, 4) is 6.07 Å². The zero-order valence-electron chi connectivity index (χ0n) is 6.62. The fourth-order valence-corrected chi connectivity index (χ4v) is 0.792. The molecular formula is C9H9N3. The van der Waals surface area contributed by atoms with Gasteiger partial charge in [0, 0.05) is 18.4 Å². The zero-order valence-corrected chi connectivity index (χ0v) is 6.62. The molecule has 0 aliphatic heterocycles. The Hall–Kier alpha value is -1.82. The summed E-state index contributed by atoms with van der Waals surface area (Å²) in [5.74, 6) is 0. The average Bonchev–Trinajstić information content (AvgIpc) is 2.15. The molecule has 60 valence electrons. The number of hydrogen-bond acceptors (Lipinski definition) is 3. The van der Waals surface area contributed by atoms with Crippen LogP contribution in [-0.2, 0) is 0 Å². The van der Waals surface area contributed by atoms with Crippen LogP contribution in [0.3, 0.4) is 0 Å². The number of hydrogen-bond donors (Lipinski definition) is 1. The Morgan fingerprint density at radius 2 is 2.58 bits per heavy atom. The molecule has 0 aliphatic carbocycles. The molecule has 3 heteroatoms. The monoisotopic (exact) mass is 159 g/mol. The minimum absolute atomic E-state index is 0.420. The van der Waals surface area contributed by atoms with E-state index in [1.165, 1.54) is 0 Å². The van der Waals surface area contributed by atoms with Gasteiger partial charge in [0.25, 0.3) is 0 Å². The van der Waals surface area contributed by atoms with Gasteiger partial charge in [0.15, 0.2) is 0 Å². The van der Waals surface area contributed by atoms with E-state index in [2.05, 4.69) is 16.9 Å². The molecule has 0 saturated carbocycles. The Morgan fingerprint density at radius 3 is 3.25 bits per heavy atom. The Balaban J connectivity index is 2.74. The quantitative estimate of drug-likeness (QED) is 0.681. The van der Waals surface area contributed by atoms with E-state index in [1.807, 2.05) is 12.1 Å². The molecule has 12 heavy (non-hydrogen) atoms. The molecule has 0 unspecified atom stereocenters. The smallest absolute Gasteiger partial charge is 0.142 e. The summed E-state index contributed by atoms with van der Waals surface area (Å²) in [7, 11) is 0. The summed E-state index contributed by atoms with van der Waals surface area (Å²) < 4.78 is 0. The van der Waals surface area contributed by atoms with Crippen molar-refractivity contribution in [2.75, 3.05) is 11.9 Å². The van der Waals surface area contributed by atoms with E-state index in [0.717, 1.165) is 5.69 Å².